The average molecular weight is 455 g/mol. The first-order valence-electron chi connectivity index (χ1n) is 8.24. The number of fused-ring (bicyclic) bond motifs is 1. The van der Waals surface area contributed by atoms with Gasteiger partial charge in [0.2, 0.25) is 6.19 Å². The molecule has 1 aromatic heterocycles. The molecule has 5 nitrogen and oxygen atoms in total. The molecule has 0 saturated carbocycles. The number of benzene rings is 1. The highest BCUT2D eigenvalue weighted by Gasteiger charge is 2.48. The number of hydrogen-bond donors (Lipinski definition) is 1. The van der Waals surface area contributed by atoms with Crippen LogP contribution in [0.1, 0.15) is 35.8 Å². The summed E-state index contributed by atoms with van der Waals surface area (Å²) in [6, 6.07) is 2.33. The van der Waals surface area contributed by atoms with Gasteiger partial charge in [0.1, 0.15) is 11.9 Å². The number of alkyl halides is 6. The molecule has 0 fully saturated rings. The first-order chi connectivity index (χ1) is 13.9. The van der Waals surface area contributed by atoms with Crippen molar-refractivity contribution in [3.05, 3.63) is 47.0 Å². The van der Waals surface area contributed by atoms with Crippen molar-refractivity contribution in [2.45, 2.75) is 41.9 Å². The summed E-state index contributed by atoms with van der Waals surface area (Å²) in [6.07, 6.45) is -5.68. The predicted molar refractivity (Wildman–Crippen MR) is 89.4 cm³/mol. The fourth-order valence-electron chi connectivity index (χ4n) is 3.27. The number of halogens is 7. The lowest BCUT2D eigenvalue weighted by Gasteiger charge is -2.29. The number of rotatable bonds is 4. The summed E-state index contributed by atoms with van der Waals surface area (Å²) in [5.41, 5.74) is -2.29. The van der Waals surface area contributed by atoms with Gasteiger partial charge in [-0.1, -0.05) is 0 Å². The number of aromatic nitrogens is 1. The van der Waals surface area contributed by atoms with Crippen molar-refractivity contribution in [1.29, 1.82) is 5.26 Å². The lowest BCUT2D eigenvalue weighted by Crippen LogP contribution is -2.33. The van der Waals surface area contributed by atoms with Crippen molar-refractivity contribution in [3.63, 3.8) is 0 Å². The molecule has 0 radical (unpaired) electrons. The van der Waals surface area contributed by atoms with Gasteiger partial charge in [-0.15, -0.1) is 4.36 Å². The molecule has 1 aliphatic rings. The quantitative estimate of drug-likeness (QED) is 0.536. The third kappa shape index (κ3) is 3.43. The molecule has 1 aliphatic carbocycles. The van der Waals surface area contributed by atoms with E-state index in [0.717, 1.165) is 16.8 Å². The van der Waals surface area contributed by atoms with Gasteiger partial charge < -0.3 is 9.67 Å². The summed E-state index contributed by atoms with van der Waals surface area (Å²) in [5.74, 6) is -8.79. The topological polar surface area (TPSA) is 78.4 Å². The number of nitrogens with zero attached hydrogens (tertiary/aromatic N) is 3. The zero-order valence-electron chi connectivity index (χ0n) is 14.7. The molecule has 0 aliphatic heterocycles. The molecule has 162 valence electrons. The fraction of sp³-hybridized carbons (Fsp3) is 0.353. The second-order valence-corrected chi connectivity index (χ2v) is 8.53. The highest BCUT2D eigenvalue weighted by molar-refractivity contribution is 7.94. The summed E-state index contributed by atoms with van der Waals surface area (Å²) in [4.78, 5) is -1.01. The van der Waals surface area contributed by atoms with Gasteiger partial charge in [0, 0.05) is 29.6 Å². The van der Waals surface area contributed by atoms with Gasteiger partial charge in [0.05, 0.1) is 10.5 Å². The zero-order valence-corrected chi connectivity index (χ0v) is 15.5. The Labute approximate surface area is 165 Å². The first-order valence-corrected chi connectivity index (χ1v) is 9.82. The molecule has 2 atom stereocenters. The Hall–Kier alpha value is -2.59. The van der Waals surface area contributed by atoms with Crippen LogP contribution in [0.5, 0.6) is 0 Å². The average Bonchev–Trinajstić information content (AvgIpc) is 3.05. The Kier molecular flexibility index (Phi) is 5.59. The van der Waals surface area contributed by atoms with Crippen LogP contribution in [0.25, 0.3) is 5.69 Å². The van der Waals surface area contributed by atoms with Crippen LogP contribution in [0.3, 0.4) is 0 Å². The van der Waals surface area contributed by atoms with E-state index in [1.54, 1.807) is 0 Å². The molecule has 0 spiro atoms. The number of aliphatic hydroxyl groups is 1. The molecule has 1 N–H and O–H groups in total. The van der Waals surface area contributed by atoms with Crippen molar-refractivity contribution >= 4 is 9.73 Å². The van der Waals surface area contributed by atoms with E-state index in [2.05, 4.69) is 4.36 Å². The summed E-state index contributed by atoms with van der Waals surface area (Å²) in [6.45, 7) is 0. The van der Waals surface area contributed by atoms with Crippen LogP contribution >= 0.6 is 0 Å². The Balaban J connectivity index is 2.37. The number of hydrogen-bond acceptors (Lipinski definition) is 4. The van der Waals surface area contributed by atoms with E-state index in [1.165, 1.54) is 0 Å². The van der Waals surface area contributed by atoms with Crippen LogP contribution in [0.4, 0.5) is 30.7 Å². The second kappa shape index (κ2) is 7.59. The lowest BCUT2D eigenvalue weighted by atomic mass is 9.91. The smallest absolute Gasteiger partial charge is 0.324 e. The molecule has 0 saturated heterocycles. The molecule has 1 heterocycles. The maximum absolute atomic E-state index is 14.1. The molecular weight excluding hydrogens is 443 g/mol. The second-order valence-electron chi connectivity index (χ2n) is 6.41. The van der Waals surface area contributed by atoms with Crippen LogP contribution in [0.2, 0.25) is 0 Å². The van der Waals surface area contributed by atoms with E-state index in [9.17, 15) is 40.0 Å². The molecule has 3 rings (SSSR count). The SMILES string of the molecule is N#CN=S(=O)(c1cn(-c2ccc(F)c(C(F)F)c2)c2c1[C@H](O)C(F)(F)CC2)C(F)F. The molecule has 13 heteroatoms. The third-order valence-corrected chi connectivity index (χ3v) is 6.50. The number of aliphatic hydroxyl groups excluding tert-OH is 1. The van der Waals surface area contributed by atoms with E-state index in [1.807, 2.05) is 0 Å². The maximum atomic E-state index is 14.1. The van der Waals surface area contributed by atoms with E-state index in [-0.39, 0.29) is 11.4 Å². The molecule has 0 amide bonds. The predicted octanol–water partition coefficient (Wildman–Crippen LogP) is 4.70. The van der Waals surface area contributed by atoms with Crippen LogP contribution in [-0.4, -0.2) is 25.6 Å². The fourth-order valence-corrected chi connectivity index (χ4v) is 4.57. The van der Waals surface area contributed by atoms with Gasteiger partial charge in [0.25, 0.3) is 12.3 Å². The Morgan fingerprint density at radius 3 is 2.53 bits per heavy atom. The van der Waals surface area contributed by atoms with E-state index in [4.69, 9.17) is 5.26 Å². The molecule has 1 unspecified atom stereocenters. The first kappa shape index (κ1) is 22.1. The molecule has 1 aromatic carbocycles. The largest absolute Gasteiger partial charge is 0.382 e. The molecule has 30 heavy (non-hydrogen) atoms. The Morgan fingerprint density at radius 2 is 1.97 bits per heavy atom. The van der Waals surface area contributed by atoms with Gasteiger partial charge in [0.15, 0.2) is 9.73 Å². The lowest BCUT2D eigenvalue weighted by molar-refractivity contribution is -0.123. The highest BCUT2D eigenvalue weighted by Crippen LogP contribution is 2.46. The van der Waals surface area contributed by atoms with Gasteiger partial charge in [-0.3, -0.25) is 0 Å². The van der Waals surface area contributed by atoms with Crippen LogP contribution < -0.4 is 0 Å². The van der Waals surface area contributed by atoms with Gasteiger partial charge >= 0.3 is 5.76 Å². The van der Waals surface area contributed by atoms with Crippen molar-refractivity contribution in [1.82, 2.24) is 4.57 Å². The Bertz CT molecular complexity index is 1150. The molecule has 2 aromatic rings. The van der Waals surface area contributed by atoms with Gasteiger partial charge in [-0.25, -0.2) is 26.2 Å². The van der Waals surface area contributed by atoms with Crippen molar-refractivity contribution < 1.29 is 40.0 Å². The van der Waals surface area contributed by atoms with Gasteiger partial charge in [-0.2, -0.15) is 14.0 Å². The van der Waals surface area contributed by atoms with Crippen LogP contribution in [-0.2, 0) is 16.1 Å². The minimum Gasteiger partial charge on any atom is -0.382 e. The van der Waals surface area contributed by atoms with Crippen LogP contribution in [0.15, 0.2) is 33.7 Å². The van der Waals surface area contributed by atoms with E-state index < -0.39 is 68.6 Å². The Morgan fingerprint density at radius 1 is 1.30 bits per heavy atom. The highest BCUT2D eigenvalue weighted by atomic mass is 32.2. The third-order valence-electron chi connectivity index (χ3n) is 4.71. The molecular formula is C17H12F7N3O2S. The van der Waals surface area contributed by atoms with Gasteiger partial charge in [-0.05, 0) is 24.6 Å². The minimum atomic E-state index is -4.89. The minimum absolute atomic E-state index is 0.211. The van der Waals surface area contributed by atoms with Crippen molar-refractivity contribution in [2.24, 2.45) is 4.36 Å². The van der Waals surface area contributed by atoms with Crippen LogP contribution in [0, 0.1) is 17.3 Å². The van der Waals surface area contributed by atoms with Crippen molar-refractivity contribution in [3.8, 4) is 11.9 Å². The van der Waals surface area contributed by atoms with E-state index >= 15 is 0 Å². The van der Waals surface area contributed by atoms with Crippen molar-refractivity contribution in [2.75, 3.05) is 0 Å². The van der Waals surface area contributed by atoms with E-state index in [0.29, 0.717) is 18.3 Å². The standard InChI is InChI=1S/C17H12F7N3O2S/c18-10-2-1-8(5-9(10)15(19)20)27-6-12(30(29,16(21)22)26-7-25)13-11(27)3-4-17(23,24)14(13)28/h1-2,5-6,14-16,28H,3-4H2/t14-,30?/m0/s1. The summed E-state index contributed by atoms with van der Waals surface area (Å²) in [5, 5.41) is 18.8. The summed E-state index contributed by atoms with van der Waals surface area (Å²) >= 11 is 0. The summed E-state index contributed by atoms with van der Waals surface area (Å²) in [7, 11) is -4.89. The maximum Gasteiger partial charge on any atom is 0.324 e. The molecule has 0 bridgehead atoms. The normalized spacial score (nSPS) is 20.0. The zero-order chi connectivity index (χ0) is 22.4. The summed E-state index contributed by atoms with van der Waals surface area (Å²) < 4.78 is 111. The number of nitriles is 1. The monoisotopic (exact) mass is 455 g/mol.